The average Bonchev–Trinajstić information content (AvgIpc) is 3.11. The van der Waals surface area contributed by atoms with E-state index in [9.17, 15) is 0 Å². The molecule has 2 saturated heterocycles. The first kappa shape index (κ1) is 19.2. The maximum atomic E-state index is 2.74. The minimum absolute atomic E-state index is 0.485. The summed E-state index contributed by atoms with van der Waals surface area (Å²) in [5, 5.41) is 0. The predicted molar refractivity (Wildman–Crippen MR) is 98.4 cm³/mol. The van der Waals surface area contributed by atoms with Gasteiger partial charge in [0, 0.05) is 18.6 Å². The number of benzene rings is 1. The third-order valence-corrected chi connectivity index (χ3v) is 4.72. The molecule has 1 atom stereocenters. The molecule has 0 bridgehead atoms. The number of aryl methyl sites for hydroxylation is 1. The lowest BCUT2D eigenvalue weighted by atomic mass is 9.94. The zero-order valence-corrected chi connectivity index (χ0v) is 15.7. The highest BCUT2D eigenvalue weighted by molar-refractivity contribution is 5.22. The highest BCUT2D eigenvalue weighted by atomic mass is 15.3. The Morgan fingerprint density at radius 1 is 1.05 bits per heavy atom. The first-order valence-corrected chi connectivity index (χ1v) is 9.17. The topological polar surface area (TPSA) is 6.48 Å². The van der Waals surface area contributed by atoms with Gasteiger partial charge in [-0.3, -0.25) is 4.90 Å². The van der Waals surface area contributed by atoms with Crippen molar-refractivity contribution in [2.45, 2.75) is 66.0 Å². The van der Waals surface area contributed by atoms with Crippen molar-refractivity contribution >= 4 is 0 Å². The Labute approximate surface area is 138 Å². The molecule has 0 aromatic heterocycles. The van der Waals surface area contributed by atoms with Crippen LogP contribution in [0.15, 0.2) is 24.3 Å². The molecule has 2 heteroatoms. The van der Waals surface area contributed by atoms with E-state index in [0.29, 0.717) is 5.54 Å². The third-order valence-electron chi connectivity index (χ3n) is 4.72. The van der Waals surface area contributed by atoms with E-state index in [1.807, 2.05) is 27.7 Å². The van der Waals surface area contributed by atoms with Crippen LogP contribution < -0.4 is 0 Å². The zero-order valence-electron chi connectivity index (χ0n) is 15.7. The van der Waals surface area contributed by atoms with E-state index in [-0.39, 0.29) is 0 Å². The molecule has 0 N–H and O–H groups in total. The van der Waals surface area contributed by atoms with Gasteiger partial charge in [-0.1, -0.05) is 57.5 Å². The molecule has 1 spiro atoms. The average molecular weight is 305 g/mol. The summed E-state index contributed by atoms with van der Waals surface area (Å²) in [5.74, 6) is 0. The summed E-state index contributed by atoms with van der Waals surface area (Å²) < 4.78 is 0. The fraction of sp³-hybridized carbons (Fsp3) is 0.700. The van der Waals surface area contributed by atoms with Gasteiger partial charge in [-0.25, -0.2) is 0 Å². The van der Waals surface area contributed by atoms with Crippen molar-refractivity contribution in [3.05, 3.63) is 35.4 Å². The molecule has 0 amide bonds. The van der Waals surface area contributed by atoms with Crippen molar-refractivity contribution in [3.8, 4) is 0 Å². The zero-order chi connectivity index (χ0) is 16.6. The smallest absolute Gasteiger partial charge is 0.0352 e. The fourth-order valence-corrected chi connectivity index (χ4v) is 3.79. The second-order valence-corrected chi connectivity index (χ2v) is 6.23. The van der Waals surface area contributed by atoms with Crippen LogP contribution in [0, 0.1) is 6.92 Å². The van der Waals surface area contributed by atoms with Crippen LogP contribution in [0.1, 0.15) is 58.1 Å². The van der Waals surface area contributed by atoms with Crippen molar-refractivity contribution < 1.29 is 0 Å². The van der Waals surface area contributed by atoms with Crippen LogP contribution in [0.5, 0.6) is 0 Å². The lowest BCUT2D eigenvalue weighted by molar-refractivity contribution is 0.136. The molecule has 22 heavy (non-hydrogen) atoms. The van der Waals surface area contributed by atoms with E-state index in [4.69, 9.17) is 0 Å². The van der Waals surface area contributed by atoms with Gasteiger partial charge >= 0.3 is 0 Å². The Kier molecular flexibility index (Phi) is 8.13. The Balaban J connectivity index is 0.000000561. The van der Waals surface area contributed by atoms with Crippen LogP contribution in [0.4, 0.5) is 0 Å². The highest BCUT2D eigenvalue weighted by Gasteiger charge is 2.44. The summed E-state index contributed by atoms with van der Waals surface area (Å²) in [6, 6.07) is 8.99. The van der Waals surface area contributed by atoms with Gasteiger partial charge in [0.1, 0.15) is 0 Å². The monoisotopic (exact) mass is 304 g/mol. The quantitative estimate of drug-likeness (QED) is 0.780. The Bertz CT molecular complexity index is 429. The van der Waals surface area contributed by atoms with Gasteiger partial charge in [-0.2, -0.15) is 0 Å². The van der Waals surface area contributed by atoms with Crippen molar-refractivity contribution in [2.24, 2.45) is 0 Å². The lowest BCUT2D eigenvalue weighted by Gasteiger charge is -2.35. The van der Waals surface area contributed by atoms with E-state index in [2.05, 4.69) is 48.0 Å². The molecule has 2 nitrogen and oxygen atoms in total. The number of likely N-dealkylation sites (N-methyl/N-ethyl adjacent to an activating group) is 1. The Morgan fingerprint density at radius 2 is 1.77 bits per heavy atom. The van der Waals surface area contributed by atoms with Crippen LogP contribution >= 0.6 is 0 Å². The van der Waals surface area contributed by atoms with E-state index < -0.39 is 0 Å². The number of rotatable bonds is 2. The van der Waals surface area contributed by atoms with Crippen LogP contribution in [0.25, 0.3) is 0 Å². The summed E-state index contributed by atoms with van der Waals surface area (Å²) in [6.45, 7) is 15.1. The predicted octanol–water partition coefficient (Wildman–Crippen LogP) is 4.72. The summed E-state index contributed by atoms with van der Waals surface area (Å²) in [5.41, 5.74) is 3.34. The number of likely N-dealkylation sites (tertiary alicyclic amines) is 2. The van der Waals surface area contributed by atoms with Gasteiger partial charge < -0.3 is 4.90 Å². The van der Waals surface area contributed by atoms with Crippen molar-refractivity contribution in [3.63, 3.8) is 0 Å². The molecular formula is C20H36N2. The van der Waals surface area contributed by atoms with E-state index in [1.54, 1.807) is 0 Å². The lowest BCUT2D eigenvalue weighted by Crippen LogP contribution is -2.45. The largest absolute Gasteiger partial charge is 0.304 e. The normalized spacial score (nSPS) is 24.6. The van der Waals surface area contributed by atoms with Gasteiger partial charge in [0.25, 0.3) is 0 Å². The van der Waals surface area contributed by atoms with Crippen molar-refractivity contribution in [1.82, 2.24) is 9.80 Å². The molecule has 2 fully saturated rings. The van der Waals surface area contributed by atoms with Crippen LogP contribution in [-0.2, 0) is 6.54 Å². The maximum Gasteiger partial charge on any atom is 0.0352 e. The van der Waals surface area contributed by atoms with Gasteiger partial charge in [0.05, 0.1) is 0 Å². The molecule has 1 aromatic carbocycles. The van der Waals surface area contributed by atoms with E-state index in [1.165, 1.54) is 50.0 Å². The molecule has 1 aromatic rings. The third kappa shape index (κ3) is 4.57. The molecule has 2 aliphatic heterocycles. The fourth-order valence-electron chi connectivity index (χ4n) is 3.79. The van der Waals surface area contributed by atoms with E-state index in [0.717, 1.165) is 6.54 Å². The maximum absolute atomic E-state index is 2.74. The second-order valence-electron chi connectivity index (χ2n) is 6.23. The molecule has 3 rings (SSSR count). The summed E-state index contributed by atoms with van der Waals surface area (Å²) >= 11 is 0. The molecule has 2 aliphatic rings. The van der Waals surface area contributed by atoms with Crippen LogP contribution in [0.3, 0.4) is 0 Å². The number of hydrogen-bond acceptors (Lipinski definition) is 2. The minimum Gasteiger partial charge on any atom is -0.304 e. The highest BCUT2D eigenvalue weighted by Crippen LogP contribution is 2.38. The van der Waals surface area contributed by atoms with Crippen molar-refractivity contribution in [1.29, 1.82) is 0 Å². The standard InChI is InChI=1S/C16H24N2.2C2H6/c1-14-5-3-6-15(11-14)12-18-9-4-7-16(18)8-10-17(2)13-16;2*1-2/h3,5-6,11H,4,7-10,12-13H2,1-2H3;2*1-2H3. The molecule has 0 saturated carbocycles. The van der Waals surface area contributed by atoms with Gasteiger partial charge in [-0.05, 0) is 51.9 Å². The summed E-state index contributed by atoms with van der Waals surface area (Å²) in [7, 11) is 2.26. The summed E-state index contributed by atoms with van der Waals surface area (Å²) in [4.78, 5) is 5.24. The van der Waals surface area contributed by atoms with Gasteiger partial charge in [0.2, 0.25) is 0 Å². The van der Waals surface area contributed by atoms with Crippen molar-refractivity contribution in [2.75, 3.05) is 26.7 Å². The molecule has 0 radical (unpaired) electrons. The SMILES string of the molecule is CC.CC.Cc1cccc(CN2CCCC23CCN(C)C3)c1. The minimum atomic E-state index is 0.485. The first-order valence-electron chi connectivity index (χ1n) is 9.17. The van der Waals surface area contributed by atoms with Gasteiger partial charge in [0.15, 0.2) is 0 Å². The summed E-state index contributed by atoms with van der Waals surface area (Å²) in [6.07, 6.45) is 4.12. The Morgan fingerprint density at radius 3 is 2.36 bits per heavy atom. The molecular weight excluding hydrogens is 268 g/mol. The second kappa shape index (κ2) is 9.32. The van der Waals surface area contributed by atoms with E-state index >= 15 is 0 Å². The molecule has 126 valence electrons. The molecule has 2 heterocycles. The van der Waals surface area contributed by atoms with Crippen LogP contribution in [0.2, 0.25) is 0 Å². The Hall–Kier alpha value is -0.860. The van der Waals surface area contributed by atoms with Crippen LogP contribution in [-0.4, -0.2) is 42.0 Å². The molecule has 1 unspecified atom stereocenters. The molecule has 0 aliphatic carbocycles. The number of hydrogen-bond donors (Lipinski definition) is 0. The van der Waals surface area contributed by atoms with Gasteiger partial charge in [-0.15, -0.1) is 0 Å². The number of nitrogens with zero attached hydrogens (tertiary/aromatic N) is 2. The first-order chi connectivity index (χ1) is 10.7.